The van der Waals surface area contributed by atoms with Gasteiger partial charge in [0.1, 0.15) is 5.82 Å². The molecule has 1 N–H and O–H groups in total. The summed E-state index contributed by atoms with van der Waals surface area (Å²) < 4.78 is 0. The number of anilines is 1. The lowest BCUT2D eigenvalue weighted by molar-refractivity contribution is 0.0627. The molecule has 1 fully saturated rings. The first kappa shape index (κ1) is 14.8. The van der Waals surface area contributed by atoms with Crippen molar-refractivity contribution in [3.8, 4) is 0 Å². The average Bonchev–Trinajstić information content (AvgIpc) is 2.47. The molecule has 4 heteroatoms. The number of pyridine rings is 1. The quantitative estimate of drug-likeness (QED) is 0.918. The third-order valence-corrected chi connectivity index (χ3v) is 4.18. The first-order valence-corrected chi connectivity index (χ1v) is 7.61. The summed E-state index contributed by atoms with van der Waals surface area (Å²) in [6.07, 6.45) is 3.85. The van der Waals surface area contributed by atoms with Crippen molar-refractivity contribution in [1.29, 1.82) is 0 Å². The molecule has 2 rings (SSSR count). The van der Waals surface area contributed by atoms with Gasteiger partial charge >= 0.3 is 0 Å². The lowest BCUT2D eigenvalue weighted by Crippen LogP contribution is -2.42. The third kappa shape index (κ3) is 3.50. The Morgan fingerprint density at radius 1 is 1.45 bits per heavy atom. The van der Waals surface area contributed by atoms with Crippen LogP contribution >= 0.6 is 0 Å². The monoisotopic (exact) mass is 275 g/mol. The molecule has 0 saturated carbocycles. The highest BCUT2D eigenvalue weighted by Crippen LogP contribution is 2.24. The number of rotatable bonds is 4. The van der Waals surface area contributed by atoms with Crippen molar-refractivity contribution in [2.45, 2.75) is 33.6 Å². The lowest BCUT2D eigenvalue weighted by atomic mass is 9.88. The first-order valence-electron chi connectivity index (χ1n) is 7.61. The molecule has 0 radical (unpaired) electrons. The molecule has 1 amide bonds. The maximum absolute atomic E-state index is 12.5. The lowest BCUT2D eigenvalue weighted by Gasteiger charge is -2.35. The number of nitrogens with zero attached hydrogens (tertiary/aromatic N) is 2. The summed E-state index contributed by atoms with van der Waals surface area (Å²) in [5, 5.41) is 3.23. The van der Waals surface area contributed by atoms with Crippen LogP contribution in [0.4, 0.5) is 5.82 Å². The standard InChI is InChI=1S/C16H25N3O/c1-4-7-17-15-10-14(5-8-18-15)16(20)19-9-6-12(2)13(3)11-19/h5,8,10,12-13H,4,6-7,9,11H2,1-3H3,(H,17,18). The van der Waals surface area contributed by atoms with Crippen molar-refractivity contribution in [3.63, 3.8) is 0 Å². The number of likely N-dealkylation sites (tertiary alicyclic amines) is 1. The van der Waals surface area contributed by atoms with Gasteiger partial charge in [0.2, 0.25) is 0 Å². The summed E-state index contributed by atoms with van der Waals surface area (Å²) in [5.41, 5.74) is 0.736. The van der Waals surface area contributed by atoms with Crippen LogP contribution in [-0.4, -0.2) is 35.4 Å². The van der Waals surface area contributed by atoms with Gasteiger partial charge in [0, 0.05) is 31.4 Å². The Labute approximate surface area is 121 Å². The summed E-state index contributed by atoms with van der Waals surface area (Å²) in [6.45, 7) is 9.21. The zero-order valence-electron chi connectivity index (χ0n) is 12.7. The second kappa shape index (κ2) is 6.73. The summed E-state index contributed by atoms with van der Waals surface area (Å²) >= 11 is 0. The predicted octanol–water partition coefficient (Wildman–Crippen LogP) is 3.02. The van der Waals surface area contributed by atoms with Crippen molar-refractivity contribution in [3.05, 3.63) is 23.9 Å². The number of nitrogens with one attached hydrogen (secondary N) is 1. The van der Waals surface area contributed by atoms with Gasteiger partial charge in [-0.15, -0.1) is 0 Å². The number of piperidine rings is 1. The minimum Gasteiger partial charge on any atom is -0.370 e. The van der Waals surface area contributed by atoms with Crippen LogP contribution in [0.5, 0.6) is 0 Å². The fraction of sp³-hybridized carbons (Fsp3) is 0.625. The molecule has 1 aliphatic heterocycles. The van der Waals surface area contributed by atoms with Crippen LogP contribution in [0.25, 0.3) is 0 Å². The van der Waals surface area contributed by atoms with Crippen LogP contribution < -0.4 is 5.32 Å². The molecular formula is C16H25N3O. The van der Waals surface area contributed by atoms with E-state index in [1.807, 2.05) is 17.0 Å². The Morgan fingerprint density at radius 2 is 2.25 bits per heavy atom. The molecular weight excluding hydrogens is 250 g/mol. The first-order chi connectivity index (χ1) is 9.61. The number of aromatic nitrogens is 1. The molecule has 2 unspecified atom stereocenters. The summed E-state index contributed by atoms with van der Waals surface area (Å²) in [7, 11) is 0. The second-order valence-corrected chi connectivity index (χ2v) is 5.85. The maximum atomic E-state index is 12.5. The second-order valence-electron chi connectivity index (χ2n) is 5.85. The number of amides is 1. The number of carbonyl (C=O) groups excluding carboxylic acids is 1. The molecule has 2 heterocycles. The molecule has 1 aromatic heterocycles. The Morgan fingerprint density at radius 3 is 2.95 bits per heavy atom. The van der Waals surface area contributed by atoms with E-state index in [9.17, 15) is 4.79 Å². The fourth-order valence-corrected chi connectivity index (χ4v) is 2.54. The van der Waals surface area contributed by atoms with Gasteiger partial charge in [-0.2, -0.15) is 0 Å². The van der Waals surface area contributed by atoms with Crippen LogP contribution in [0.15, 0.2) is 18.3 Å². The average molecular weight is 275 g/mol. The third-order valence-electron chi connectivity index (χ3n) is 4.18. The summed E-state index contributed by atoms with van der Waals surface area (Å²) in [5.74, 6) is 2.20. The van der Waals surface area contributed by atoms with E-state index in [-0.39, 0.29) is 5.91 Å². The molecule has 20 heavy (non-hydrogen) atoms. The number of carbonyl (C=O) groups is 1. The van der Waals surface area contributed by atoms with E-state index in [0.29, 0.717) is 11.8 Å². The predicted molar refractivity (Wildman–Crippen MR) is 81.9 cm³/mol. The normalized spacial score (nSPS) is 22.6. The maximum Gasteiger partial charge on any atom is 0.254 e. The number of hydrogen-bond donors (Lipinski definition) is 1. The van der Waals surface area contributed by atoms with E-state index >= 15 is 0 Å². The van der Waals surface area contributed by atoms with Crippen molar-refractivity contribution in [1.82, 2.24) is 9.88 Å². The van der Waals surface area contributed by atoms with Crippen molar-refractivity contribution < 1.29 is 4.79 Å². The van der Waals surface area contributed by atoms with E-state index in [0.717, 1.165) is 43.9 Å². The Hall–Kier alpha value is -1.58. The van der Waals surface area contributed by atoms with E-state index in [2.05, 4.69) is 31.1 Å². The SMILES string of the molecule is CCCNc1cc(C(=O)N2CCC(C)C(C)C2)ccn1. The van der Waals surface area contributed by atoms with E-state index in [4.69, 9.17) is 0 Å². The van der Waals surface area contributed by atoms with Crippen molar-refractivity contribution in [2.75, 3.05) is 25.0 Å². The summed E-state index contributed by atoms with van der Waals surface area (Å²) in [4.78, 5) is 18.8. The van der Waals surface area contributed by atoms with Crippen LogP contribution in [0.2, 0.25) is 0 Å². The molecule has 0 aromatic carbocycles. The van der Waals surface area contributed by atoms with Crippen molar-refractivity contribution >= 4 is 11.7 Å². The van der Waals surface area contributed by atoms with Gasteiger partial charge in [-0.1, -0.05) is 20.8 Å². The molecule has 1 aliphatic rings. The smallest absolute Gasteiger partial charge is 0.254 e. The zero-order chi connectivity index (χ0) is 14.5. The topological polar surface area (TPSA) is 45.2 Å². The van der Waals surface area contributed by atoms with Gasteiger partial charge in [0.15, 0.2) is 0 Å². The Balaban J connectivity index is 2.05. The van der Waals surface area contributed by atoms with E-state index in [1.165, 1.54) is 0 Å². The fourth-order valence-electron chi connectivity index (χ4n) is 2.54. The van der Waals surface area contributed by atoms with Gasteiger partial charge in [-0.25, -0.2) is 4.98 Å². The van der Waals surface area contributed by atoms with Crippen LogP contribution in [0, 0.1) is 11.8 Å². The van der Waals surface area contributed by atoms with Crippen LogP contribution in [-0.2, 0) is 0 Å². The van der Waals surface area contributed by atoms with Gasteiger partial charge < -0.3 is 10.2 Å². The highest BCUT2D eigenvalue weighted by Gasteiger charge is 2.26. The Bertz CT molecular complexity index is 461. The molecule has 4 nitrogen and oxygen atoms in total. The molecule has 110 valence electrons. The van der Waals surface area contributed by atoms with Gasteiger partial charge in [0.05, 0.1) is 0 Å². The summed E-state index contributed by atoms with van der Waals surface area (Å²) in [6, 6.07) is 3.67. The molecule has 0 spiro atoms. The largest absolute Gasteiger partial charge is 0.370 e. The van der Waals surface area contributed by atoms with Gasteiger partial charge in [-0.05, 0) is 36.8 Å². The Kier molecular flexibility index (Phi) is 4.99. The number of hydrogen-bond acceptors (Lipinski definition) is 3. The highest BCUT2D eigenvalue weighted by atomic mass is 16.2. The minimum absolute atomic E-state index is 0.130. The van der Waals surface area contributed by atoms with Crippen LogP contribution in [0.1, 0.15) is 44.0 Å². The minimum atomic E-state index is 0.130. The van der Waals surface area contributed by atoms with Gasteiger partial charge in [-0.3, -0.25) is 4.79 Å². The van der Waals surface area contributed by atoms with Crippen LogP contribution in [0.3, 0.4) is 0 Å². The van der Waals surface area contributed by atoms with E-state index in [1.54, 1.807) is 6.20 Å². The molecule has 2 atom stereocenters. The molecule has 1 saturated heterocycles. The van der Waals surface area contributed by atoms with E-state index < -0.39 is 0 Å². The highest BCUT2D eigenvalue weighted by molar-refractivity contribution is 5.94. The molecule has 0 bridgehead atoms. The van der Waals surface area contributed by atoms with Crippen molar-refractivity contribution in [2.24, 2.45) is 11.8 Å². The zero-order valence-corrected chi connectivity index (χ0v) is 12.7. The molecule has 1 aromatic rings. The molecule has 0 aliphatic carbocycles. The van der Waals surface area contributed by atoms with Gasteiger partial charge in [0.25, 0.3) is 5.91 Å².